The lowest BCUT2D eigenvalue weighted by molar-refractivity contribution is 0.122. The van der Waals surface area contributed by atoms with Crippen LogP contribution in [0.2, 0.25) is 5.02 Å². The molecule has 3 aromatic heterocycles. The Morgan fingerprint density at radius 2 is 1.97 bits per heavy atom. The fraction of sp³-hybridized carbons (Fsp3) is 0.174. The second kappa shape index (κ2) is 10.5. The standard InChI is InChI=1S/C23H21ClFN9O/c24-19-9-15(16-10-28-29-11-16)1-4-21(19)31-18-3-2-17(26-12-18)13-30-33-23-27-14-20(25)22(32-23)34-5-7-35-8-6-34/h1-4,9-14,31H,5-8H2,(H,28,29)(H,27,32,33)/b30-13+. The Balaban J connectivity index is 1.20. The summed E-state index contributed by atoms with van der Waals surface area (Å²) in [5.74, 6) is -0.0654. The van der Waals surface area contributed by atoms with Crippen LogP contribution in [0.15, 0.2) is 60.2 Å². The molecule has 0 bridgehead atoms. The maximum absolute atomic E-state index is 14.1. The Labute approximate surface area is 205 Å². The Hall–Kier alpha value is -4.09. The lowest BCUT2D eigenvalue weighted by atomic mass is 10.1. The molecule has 0 amide bonds. The van der Waals surface area contributed by atoms with E-state index in [1.165, 1.54) is 6.21 Å². The molecule has 0 atom stereocenters. The third-order valence-electron chi connectivity index (χ3n) is 5.26. The number of halogens is 2. The first-order valence-corrected chi connectivity index (χ1v) is 11.2. The first-order valence-electron chi connectivity index (χ1n) is 10.8. The van der Waals surface area contributed by atoms with Crippen molar-refractivity contribution in [2.75, 3.05) is 41.9 Å². The highest BCUT2D eigenvalue weighted by molar-refractivity contribution is 6.33. The zero-order chi connectivity index (χ0) is 24.0. The molecule has 0 spiro atoms. The van der Waals surface area contributed by atoms with Crippen LogP contribution < -0.4 is 15.6 Å². The summed E-state index contributed by atoms with van der Waals surface area (Å²) in [6, 6.07) is 9.39. The molecule has 1 aliphatic rings. The van der Waals surface area contributed by atoms with Crippen LogP contribution in [0, 0.1) is 5.82 Å². The Morgan fingerprint density at radius 3 is 2.71 bits per heavy atom. The molecule has 4 heterocycles. The molecule has 0 aliphatic carbocycles. The van der Waals surface area contributed by atoms with Crippen molar-refractivity contribution < 1.29 is 9.13 Å². The monoisotopic (exact) mass is 493 g/mol. The summed E-state index contributed by atoms with van der Waals surface area (Å²) in [5.41, 5.74) is 6.78. The minimum atomic E-state index is -0.484. The Bertz CT molecular complexity index is 1310. The van der Waals surface area contributed by atoms with Crippen LogP contribution in [0.5, 0.6) is 0 Å². The molecule has 0 saturated carbocycles. The van der Waals surface area contributed by atoms with E-state index in [0.717, 1.165) is 28.7 Å². The minimum absolute atomic E-state index is 0.191. The lowest BCUT2D eigenvalue weighted by Crippen LogP contribution is -2.37. The number of hydrogen-bond donors (Lipinski definition) is 3. The van der Waals surface area contributed by atoms with E-state index < -0.39 is 5.82 Å². The van der Waals surface area contributed by atoms with E-state index in [1.807, 2.05) is 35.4 Å². The predicted octanol–water partition coefficient (Wildman–Crippen LogP) is 4.08. The molecule has 0 unspecified atom stereocenters. The van der Waals surface area contributed by atoms with Gasteiger partial charge in [-0.15, -0.1) is 0 Å². The van der Waals surface area contributed by atoms with Crippen LogP contribution >= 0.6 is 11.6 Å². The van der Waals surface area contributed by atoms with Gasteiger partial charge in [-0.25, -0.2) is 14.8 Å². The van der Waals surface area contributed by atoms with Crippen molar-refractivity contribution >= 4 is 41.0 Å². The Kier molecular flexibility index (Phi) is 6.77. The van der Waals surface area contributed by atoms with Crippen LogP contribution in [0.25, 0.3) is 11.1 Å². The third kappa shape index (κ3) is 5.53. The van der Waals surface area contributed by atoms with Crippen molar-refractivity contribution in [3.63, 3.8) is 0 Å². The molecule has 5 rings (SSSR count). The number of rotatable bonds is 7. The second-order valence-corrected chi connectivity index (χ2v) is 8.02. The summed E-state index contributed by atoms with van der Waals surface area (Å²) in [6.45, 7) is 2.20. The molecule has 35 heavy (non-hydrogen) atoms. The zero-order valence-corrected chi connectivity index (χ0v) is 19.2. The highest BCUT2D eigenvalue weighted by atomic mass is 35.5. The number of morpholine rings is 1. The summed E-state index contributed by atoms with van der Waals surface area (Å²) in [6.07, 6.45) is 7.87. The van der Waals surface area contributed by atoms with Gasteiger partial charge in [0.25, 0.3) is 0 Å². The van der Waals surface area contributed by atoms with Crippen molar-refractivity contribution in [3.05, 3.63) is 71.7 Å². The maximum atomic E-state index is 14.1. The van der Waals surface area contributed by atoms with Crippen LogP contribution in [-0.4, -0.2) is 57.7 Å². The van der Waals surface area contributed by atoms with Crippen molar-refractivity contribution in [2.45, 2.75) is 0 Å². The molecular weight excluding hydrogens is 473 g/mol. The smallest absolute Gasteiger partial charge is 0.245 e. The van der Waals surface area contributed by atoms with E-state index in [1.54, 1.807) is 18.5 Å². The molecule has 3 N–H and O–H groups in total. The van der Waals surface area contributed by atoms with Crippen molar-refractivity contribution in [3.8, 4) is 11.1 Å². The van der Waals surface area contributed by atoms with Gasteiger partial charge < -0.3 is 15.0 Å². The molecule has 1 fully saturated rings. The van der Waals surface area contributed by atoms with Gasteiger partial charge in [-0.2, -0.15) is 15.2 Å². The van der Waals surface area contributed by atoms with Crippen LogP contribution in [0.3, 0.4) is 0 Å². The highest BCUT2D eigenvalue weighted by Crippen LogP contribution is 2.30. The zero-order valence-electron chi connectivity index (χ0n) is 18.4. The number of nitrogens with zero attached hydrogens (tertiary/aromatic N) is 6. The van der Waals surface area contributed by atoms with Crippen LogP contribution in [-0.2, 0) is 4.74 Å². The number of hydrogen-bond acceptors (Lipinski definition) is 9. The van der Waals surface area contributed by atoms with Gasteiger partial charge in [0.2, 0.25) is 5.95 Å². The van der Waals surface area contributed by atoms with Crippen molar-refractivity contribution in [2.24, 2.45) is 5.10 Å². The van der Waals surface area contributed by atoms with Crippen LogP contribution in [0.4, 0.5) is 27.5 Å². The fourth-order valence-electron chi connectivity index (χ4n) is 3.48. The molecule has 0 radical (unpaired) electrons. The third-order valence-corrected chi connectivity index (χ3v) is 5.58. The number of benzene rings is 1. The van der Waals surface area contributed by atoms with E-state index in [0.29, 0.717) is 37.0 Å². The molecule has 10 nitrogen and oxygen atoms in total. The topological polar surface area (TPSA) is 116 Å². The quantitative estimate of drug-likeness (QED) is 0.260. The van der Waals surface area contributed by atoms with Gasteiger partial charge in [0.1, 0.15) is 0 Å². The molecule has 178 valence electrons. The largest absolute Gasteiger partial charge is 0.378 e. The van der Waals surface area contributed by atoms with Gasteiger partial charge >= 0.3 is 0 Å². The van der Waals surface area contributed by atoms with Gasteiger partial charge in [-0.3, -0.25) is 10.1 Å². The number of aromatic nitrogens is 5. The van der Waals surface area contributed by atoms with E-state index in [9.17, 15) is 4.39 Å². The SMILES string of the molecule is Fc1cnc(N/N=C/c2ccc(Nc3ccc(-c4cn[nH]c4)cc3Cl)cn2)nc1N1CCOCC1. The van der Waals surface area contributed by atoms with Gasteiger partial charge in [-0.1, -0.05) is 17.7 Å². The second-order valence-electron chi connectivity index (χ2n) is 7.61. The highest BCUT2D eigenvalue weighted by Gasteiger charge is 2.17. The minimum Gasteiger partial charge on any atom is -0.378 e. The summed E-state index contributed by atoms with van der Waals surface area (Å²) < 4.78 is 19.4. The number of anilines is 4. The van der Waals surface area contributed by atoms with E-state index >= 15 is 0 Å². The average molecular weight is 494 g/mol. The number of ether oxygens (including phenoxy) is 1. The Morgan fingerprint density at radius 1 is 1.09 bits per heavy atom. The average Bonchev–Trinajstić information content (AvgIpc) is 3.43. The first kappa shape index (κ1) is 22.7. The van der Waals surface area contributed by atoms with Gasteiger partial charge in [0.15, 0.2) is 11.6 Å². The van der Waals surface area contributed by atoms with Crippen molar-refractivity contribution in [1.29, 1.82) is 0 Å². The molecular formula is C23H21ClFN9O. The molecule has 1 aromatic carbocycles. The summed E-state index contributed by atoms with van der Waals surface area (Å²) in [4.78, 5) is 14.4. The maximum Gasteiger partial charge on any atom is 0.245 e. The summed E-state index contributed by atoms with van der Waals surface area (Å²) in [7, 11) is 0. The normalized spacial score (nSPS) is 13.8. The fourth-order valence-corrected chi connectivity index (χ4v) is 3.71. The summed E-state index contributed by atoms with van der Waals surface area (Å²) >= 11 is 6.44. The number of H-pyrrole nitrogens is 1. The number of nitrogens with one attached hydrogen (secondary N) is 3. The van der Waals surface area contributed by atoms with Gasteiger partial charge in [0.05, 0.1) is 60.1 Å². The predicted molar refractivity (Wildman–Crippen MR) is 133 cm³/mol. The molecule has 12 heteroatoms. The van der Waals surface area contributed by atoms with Crippen LogP contribution in [0.1, 0.15) is 5.69 Å². The van der Waals surface area contributed by atoms with E-state index in [-0.39, 0.29) is 11.8 Å². The van der Waals surface area contributed by atoms with E-state index in [2.05, 4.69) is 41.0 Å². The number of hydrazone groups is 1. The number of aromatic amines is 1. The molecule has 1 saturated heterocycles. The first-order chi connectivity index (χ1) is 17.2. The molecule has 1 aliphatic heterocycles. The van der Waals surface area contributed by atoms with Gasteiger partial charge in [-0.05, 0) is 29.8 Å². The van der Waals surface area contributed by atoms with Crippen molar-refractivity contribution in [1.82, 2.24) is 25.1 Å². The van der Waals surface area contributed by atoms with Gasteiger partial charge in [0, 0.05) is 24.8 Å². The summed E-state index contributed by atoms with van der Waals surface area (Å²) in [5, 5.41) is 14.7. The van der Waals surface area contributed by atoms with E-state index in [4.69, 9.17) is 16.3 Å². The number of pyridine rings is 1. The lowest BCUT2D eigenvalue weighted by Gasteiger charge is -2.27. The molecule has 4 aromatic rings.